The molecule has 0 amide bonds. The number of rotatable bonds is 17. The lowest BCUT2D eigenvalue weighted by molar-refractivity contribution is -0.137. The van der Waals surface area contributed by atoms with Gasteiger partial charge in [-0.15, -0.1) is 0 Å². The van der Waals surface area contributed by atoms with Crippen LogP contribution in [0.25, 0.3) is 0 Å². The van der Waals surface area contributed by atoms with Crippen LogP contribution in [0.1, 0.15) is 96.3 Å². The molecule has 132 valence electrons. The lowest BCUT2D eigenvalue weighted by Crippen LogP contribution is -2.05. The maximum absolute atomic E-state index is 10.3. The molecule has 0 bridgehead atoms. The number of carbonyl (C=O) groups is 1. The first-order valence-electron chi connectivity index (χ1n) is 9.17. The van der Waals surface area contributed by atoms with Crippen molar-refractivity contribution in [3.63, 3.8) is 0 Å². The Labute approximate surface area is 135 Å². The van der Waals surface area contributed by atoms with Crippen molar-refractivity contribution in [2.24, 2.45) is 0 Å². The molecule has 0 spiro atoms. The summed E-state index contributed by atoms with van der Waals surface area (Å²) in [5.74, 6) is -0.698. The lowest BCUT2D eigenvalue weighted by atomic mass is 10.0. The first kappa shape index (κ1) is 21.4. The van der Waals surface area contributed by atoms with Crippen LogP contribution >= 0.6 is 0 Å². The molecule has 0 aromatic heterocycles. The number of aliphatic hydroxyl groups is 2. The topological polar surface area (TPSA) is 77.8 Å². The fraction of sp³-hybridized carbons (Fsp3) is 0.944. The van der Waals surface area contributed by atoms with Crippen LogP contribution < -0.4 is 0 Å². The predicted molar refractivity (Wildman–Crippen MR) is 90.0 cm³/mol. The van der Waals surface area contributed by atoms with E-state index in [1.807, 2.05) is 0 Å². The monoisotopic (exact) mass is 316 g/mol. The quantitative estimate of drug-likeness (QED) is 0.350. The molecule has 0 aromatic rings. The normalized spacial score (nSPS) is 12.5. The van der Waals surface area contributed by atoms with E-state index < -0.39 is 5.97 Å². The summed E-state index contributed by atoms with van der Waals surface area (Å²) in [5.41, 5.74) is 0. The molecular formula is C18H36O4. The molecule has 4 heteroatoms. The van der Waals surface area contributed by atoms with Crippen molar-refractivity contribution in [2.75, 3.05) is 6.61 Å². The summed E-state index contributed by atoms with van der Waals surface area (Å²) in [7, 11) is 0. The Morgan fingerprint density at radius 3 is 1.55 bits per heavy atom. The number of aliphatic hydroxyl groups excluding tert-OH is 2. The van der Waals surface area contributed by atoms with Gasteiger partial charge in [0.15, 0.2) is 0 Å². The van der Waals surface area contributed by atoms with Gasteiger partial charge in [-0.1, -0.05) is 64.2 Å². The Balaban J connectivity index is 3.15. The molecule has 4 nitrogen and oxygen atoms in total. The molecule has 22 heavy (non-hydrogen) atoms. The summed E-state index contributed by atoms with van der Waals surface area (Å²) in [5, 5.41) is 27.1. The summed E-state index contributed by atoms with van der Waals surface area (Å²) in [6, 6.07) is 0. The van der Waals surface area contributed by atoms with Crippen molar-refractivity contribution in [2.45, 2.75) is 102 Å². The second-order valence-electron chi connectivity index (χ2n) is 6.34. The first-order chi connectivity index (χ1) is 10.7. The molecule has 0 radical (unpaired) electrons. The van der Waals surface area contributed by atoms with E-state index in [2.05, 4.69) is 0 Å². The van der Waals surface area contributed by atoms with E-state index in [9.17, 15) is 9.90 Å². The third-order valence-corrected chi connectivity index (χ3v) is 4.12. The molecule has 0 aliphatic rings. The van der Waals surface area contributed by atoms with Crippen molar-refractivity contribution in [1.82, 2.24) is 0 Å². The van der Waals surface area contributed by atoms with E-state index in [1.165, 1.54) is 19.3 Å². The number of hydrogen-bond donors (Lipinski definition) is 3. The molecule has 3 N–H and O–H groups in total. The summed E-state index contributed by atoms with van der Waals surface area (Å²) >= 11 is 0. The Morgan fingerprint density at radius 1 is 0.682 bits per heavy atom. The highest BCUT2D eigenvalue weighted by atomic mass is 16.4. The molecule has 1 atom stereocenters. The third-order valence-electron chi connectivity index (χ3n) is 4.12. The van der Waals surface area contributed by atoms with E-state index in [0.717, 1.165) is 70.6 Å². The van der Waals surface area contributed by atoms with Crippen molar-refractivity contribution in [3.8, 4) is 0 Å². The van der Waals surface area contributed by atoms with Gasteiger partial charge in [-0.2, -0.15) is 0 Å². The molecule has 0 aliphatic carbocycles. The zero-order valence-electron chi connectivity index (χ0n) is 14.1. The first-order valence-corrected chi connectivity index (χ1v) is 9.17. The molecule has 0 aromatic carbocycles. The SMILES string of the molecule is O=C(O)CCCCCCCCC(O)CCCCCCCCO. The number of hydrogen-bond acceptors (Lipinski definition) is 3. The van der Waals surface area contributed by atoms with Gasteiger partial charge < -0.3 is 15.3 Å². The predicted octanol–water partition coefficient (Wildman–Crippen LogP) is 4.28. The Kier molecular flexibility index (Phi) is 16.3. The van der Waals surface area contributed by atoms with Gasteiger partial charge in [0.2, 0.25) is 0 Å². The Hall–Kier alpha value is -0.610. The van der Waals surface area contributed by atoms with Crippen LogP contribution in [0.2, 0.25) is 0 Å². The van der Waals surface area contributed by atoms with Crippen LogP contribution in [0.4, 0.5) is 0 Å². The van der Waals surface area contributed by atoms with E-state index >= 15 is 0 Å². The molecule has 0 rings (SSSR count). The van der Waals surface area contributed by atoms with Gasteiger partial charge in [0.25, 0.3) is 0 Å². The van der Waals surface area contributed by atoms with Gasteiger partial charge in [-0.25, -0.2) is 0 Å². The van der Waals surface area contributed by atoms with E-state index in [4.69, 9.17) is 10.2 Å². The largest absolute Gasteiger partial charge is 0.481 e. The van der Waals surface area contributed by atoms with Crippen LogP contribution in [-0.4, -0.2) is 34.0 Å². The maximum atomic E-state index is 10.3. The van der Waals surface area contributed by atoms with Crippen LogP contribution in [0.3, 0.4) is 0 Å². The van der Waals surface area contributed by atoms with Crippen molar-refractivity contribution in [1.29, 1.82) is 0 Å². The Morgan fingerprint density at radius 2 is 1.09 bits per heavy atom. The zero-order chi connectivity index (χ0) is 16.5. The van der Waals surface area contributed by atoms with Crippen LogP contribution in [0.15, 0.2) is 0 Å². The molecule has 0 heterocycles. The van der Waals surface area contributed by atoms with Crippen molar-refractivity contribution >= 4 is 5.97 Å². The summed E-state index contributed by atoms with van der Waals surface area (Å²) in [6.45, 7) is 0.304. The molecule has 1 unspecified atom stereocenters. The standard InChI is InChI=1S/C18H36O4/c19-16-12-8-4-3-6-10-14-17(20)13-9-5-1-2-7-11-15-18(21)22/h17,19-20H,1-16H2,(H,21,22). The van der Waals surface area contributed by atoms with Gasteiger partial charge in [-0.3, -0.25) is 4.79 Å². The van der Waals surface area contributed by atoms with Gasteiger partial charge in [-0.05, 0) is 25.7 Å². The van der Waals surface area contributed by atoms with E-state index in [-0.39, 0.29) is 6.10 Å². The molecule has 0 fully saturated rings. The highest BCUT2D eigenvalue weighted by Gasteiger charge is 2.04. The van der Waals surface area contributed by atoms with Gasteiger partial charge in [0.05, 0.1) is 6.10 Å². The number of unbranched alkanes of at least 4 members (excludes halogenated alkanes) is 10. The Bertz CT molecular complexity index is 243. The molecule has 0 saturated carbocycles. The van der Waals surface area contributed by atoms with Crippen LogP contribution in [0, 0.1) is 0 Å². The average molecular weight is 316 g/mol. The fourth-order valence-corrected chi connectivity index (χ4v) is 2.71. The minimum Gasteiger partial charge on any atom is -0.481 e. The highest BCUT2D eigenvalue weighted by Crippen LogP contribution is 2.14. The number of aliphatic carboxylic acids is 1. The molecular weight excluding hydrogens is 280 g/mol. The maximum Gasteiger partial charge on any atom is 0.303 e. The molecule has 0 saturated heterocycles. The number of carboxylic acids is 1. The minimum atomic E-state index is -0.698. The zero-order valence-corrected chi connectivity index (χ0v) is 14.1. The average Bonchev–Trinajstić information content (AvgIpc) is 2.48. The van der Waals surface area contributed by atoms with Crippen molar-refractivity contribution in [3.05, 3.63) is 0 Å². The summed E-state index contributed by atoms with van der Waals surface area (Å²) in [6.07, 6.45) is 15.0. The number of carboxylic acid groups (broad SMARTS) is 1. The smallest absolute Gasteiger partial charge is 0.303 e. The fourth-order valence-electron chi connectivity index (χ4n) is 2.71. The minimum absolute atomic E-state index is 0.149. The van der Waals surface area contributed by atoms with Crippen LogP contribution in [-0.2, 0) is 4.79 Å². The highest BCUT2D eigenvalue weighted by molar-refractivity contribution is 5.66. The van der Waals surface area contributed by atoms with Gasteiger partial charge in [0.1, 0.15) is 0 Å². The van der Waals surface area contributed by atoms with Crippen molar-refractivity contribution < 1.29 is 20.1 Å². The third kappa shape index (κ3) is 17.4. The summed E-state index contributed by atoms with van der Waals surface area (Å²) in [4.78, 5) is 10.3. The summed E-state index contributed by atoms with van der Waals surface area (Å²) < 4.78 is 0. The van der Waals surface area contributed by atoms with E-state index in [1.54, 1.807) is 0 Å². The van der Waals surface area contributed by atoms with Gasteiger partial charge >= 0.3 is 5.97 Å². The molecule has 0 aliphatic heterocycles. The second-order valence-corrected chi connectivity index (χ2v) is 6.34. The van der Waals surface area contributed by atoms with Gasteiger partial charge in [0, 0.05) is 13.0 Å². The van der Waals surface area contributed by atoms with Crippen LogP contribution in [0.5, 0.6) is 0 Å². The second kappa shape index (κ2) is 16.8. The van der Waals surface area contributed by atoms with E-state index in [0.29, 0.717) is 13.0 Å². The lowest BCUT2D eigenvalue weighted by Gasteiger charge is -2.10.